The summed E-state index contributed by atoms with van der Waals surface area (Å²) in [4.78, 5) is 73.7. The molecule has 4 aliphatic rings. The van der Waals surface area contributed by atoms with Gasteiger partial charge in [0.1, 0.15) is 35.8 Å². The van der Waals surface area contributed by atoms with Crippen molar-refractivity contribution < 1.29 is 34.1 Å². The minimum absolute atomic E-state index is 0.0421. The van der Waals surface area contributed by atoms with Gasteiger partial charge in [-0.3, -0.25) is 29.0 Å². The number of piperazine rings is 1. The van der Waals surface area contributed by atoms with Crippen molar-refractivity contribution in [2.75, 3.05) is 70.4 Å². The zero-order chi connectivity index (χ0) is 54.0. The molecule has 402 valence electrons. The number of hydrogen-bond donors (Lipinski definition) is 5. The van der Waals surface area contributed by atoms with E-state index in [1.807, 2.05) is 64.1 Å². The van der Waals surface area contributed by atoms with E-state index in [1.165, 1.54) is 4.90 Å². The summed E-state index contributed by atoms with van der Waals surface area (Å²) >= 11 is 7.81. The van der Waals surface area contributed by atoms with Crippen molar-refractivity contribution in [3.63, 3.8) is 0 Å². The highest BCUT2D eigenvalue weighted by Gasteiger charge is 2.64. The molecule has 4 aromatic rings. The van der Waals surface area contributed by atoms with Crippen molar-refractivity contribution in [1.82, 2.24) is 40.6 Å². The minimum Gasteiger partial charge on any atom is -0.489 e. The molecule has 3 saturated heterocycles. The van der Waals surface area contributed by atoms with Crippen LogP contribution in [0.5, 0.6) is 5.75 Å². The van der Waals surface area contributed by atoms with Gasteiger partial charge in [0.2, 0.25) is 17.7 Å². The van der Waals surface area contributed by atoms with Crippen molar-refractivity contribution in [3.8, 4) is 22.3 Å². The lowest BCUT2D eigenvalue weighted by Crippen LogP contribution is -2.74. The molecule has 4 amide bonds. The Bertz CT molecular complexity index is 2710. The van der Waals surface area contributed by atoms with Gasteiger partial charge in [0.05, 0.1) is 57.5 Å². The number of nitrogens with one attached hydrogen (secondary N) is 3. The van der Waals surface area contributed by atoms with Gasteiger partial charge in [-0.15, -0.1) is 11.3 Å². The van der Waals surface area contributed by atoms with Gasteiger partial charge >= 0.3 is 0 Å². The summed E-state index contributed by atoms with van der Waals surface area (Å²) in [5, 5.41) is 39.8. The van der Waals surface area contributed by atoms with E-state index in [9.17, 15) is 34.7 Å². The van der Waals surface area contributed by atoms with E-state index in [1.54, 1.807) is 41.2 Å². The number of anilines is 1. The normalized spacial score (nSPS) is 22.9. The molecule has 0 spiro atoms. The highest BCUT2D eigenvalue weighted by molar-refractivity contribution is 7.13. The minimum atomic E-state index is -0.979. The van der Waals surface area contributed by atoms with E-state index in [0.717, 1.165) is 80.6 Å². The molecule has 19 heteroatoms. The fourth-order valence-corrected chi connectivity index (χ4v) is 12.9. The van der Waals surface area contributed by atoms with Crippen molar-refractivity contribution in [1.29, 1.82) is 5.26 Å². The molecule has 17 nitrogen and oxygen atoms in total. The molecule has 0 bridgehead atoms. The highest BCUT2D eigenvalue weighted by atomic mass is 35.5. The second-order valence-corrected chi connectivity index (χ2v) is 24.4. The van der Waals surface area contributed by atoms with Crippen LogP contribution in [0.15, 0.2) is 66.3 Å². The van der Waals surface area contributed by atoms with Crippen LogP contribution < -0.4 is 25.6 Å². The number of carbonyl (C=O) groups excluding carboxylic acids is 4. The number of hydrogen-bond acceptors (Lipinski definition) is 14. The number of nitrogens with zero attached hydrogens (tertiary/aromatic N) is 7. The first kappa shape index (κ1) is 55.5. The Morgan fingerprint density at radius 1 is 0.933 bits per heavy atom. The average Bonchev–Trinajstić information content (AvgIpc) is 4.03. The summed E-state index contributed by atoms with van der Waals surface area (Å²) in [5.74, 6) is 0.536. The van der Waals surface area contributed by atoms with E-state index in [-0.39, 0.29) is 60.9 Å². The lowest BCUT2D eigenvalue weighted by Gasteiger charge is -2.63. The van der Waals surface area contributed by atoms with Crippen LogP contribution in [0.1, 0.15) is 101 Å². The maximum atomic E-state index is 14.3. The summed E-state index contributed by atoms with van der Waals surface area (Å²) in [6, 6.07) is 15.6. The van der Waals surface area contributed by atoms with E-state index in [4.69, 9.17) is 21.3 Å². The molecule has 0 radical (unpaired) electrons. The molecule has 1 aliphatic carbocycles. The topological polar surface area (TPSA) is 217 Å². The maximum absolute atomic E-state index is 14.3. The predicted molar refractivity (Wildman–Crippen MR) is 289 cm³/mol. The molecule has 2 aromatic carbocycles. The molecule has 8 rings (SSSR count). The van der Waals surface area contributed by atoms with Crippen LogP contribution >= 0.6 is 22.9 Å². The molecular weight excluding hydrogens is 992 g/mol. The van der Waals surface area contributed by atoms with Crippen molar-refractivity contribution in [2.45, 2.75) is 111 Å². The number of aliphatic hydroxyl groups excluding tert-OH is 2. The third kappa shape index (κ3) is 12.5. The molecule has 5 N–H and O–H groups in total. The number of β-amino-alcohol motifs (C(OH)–C–C–N with tert-alkyl or cyclic N) is 1. The van der Waals surface area contributed by atoms with Crippen molar-refractivity contribution in [2.24, 2.45) is 22.2 Å². The summed E-state index contributed by atoms with van der Waals surface area (Å²) in [5.41, 5.74) is 3.81. The zero-order valence-electron chi connectivity index (χ0n) is 44.4. The molecule has 5 heterocycles. The smallest absolute Gasteiger partial charge is 0.253 e. The Hall–Kier alpha value is -5.68. The molecule has 1 saturated carbocycles. The quantitative estimate of drug-likeness (QED) is 0.0895. The fraction of sp³-hybridized carbons (Fsp3) is 0.554. The molecule has 4 fully saturated rings. The Morgan fingerprint density at radius 2 is 1.63 bits per heavy atom. The Balaban J connectivity index is 0.763. The molecule has 2 aromatic heterocycles. The van der Waals surface area contributed by atoms with E-state index in [2.05, 4.69) is 69.4 Å². The van der Waals surface area contributed by atoms with Gasteiger partial charge in [0, 0.05) is 74.8 Å². The number of rotatable bonds is 16. The maximum Gasteiger partial charge on any atom is 0.253 e. The van der Waals surface area contributed by atoms with Gasteiger partial charge < -0.3 is 40.7 Å². The van der Waals surface area contributed by atoms with Crippen LogP contribution in [0.25, 0.3) is 10.4 Å². The number of aryl methyl sites for hydroxylation is 1. The van der Waals surface area contributed by atoms with Gasteiger partial charge in [-0.2, -0.15) is 5.26 Å². The van der Waals surface area contributed by atoms with Crippen LogP contribution in [-0.2, 0) is 14.4 Å². The number of pyridine rings is 1. The van der Waals surface area contributed by atoms with Crippen LogP contribution in [0.4, 0.5) is 5.82 Å². The highest BCUT2D eigenvalue weighted by Crippen LogP contribution is 2.55. The summed E-state index contributed by atoms with van der Waals surface area (Å²) in [6.07, 6.45) is 2.46. The van der Waals surface area contributed by atoms with Gasteiger partial charge in [-0.1, -0.05) is 84.3 Å². The molecule has 1 unspecified atom stereocenters. The summed E-state index contributed by atoms with van der Waals surface area (Å²) < 4.78 is 6.39. The number of aliphatic hydroxyl groups is 2. The number of likely N-dealkylation sites (tertiary alicyclic amines) is 2. The standard InChI is InChI=1S/C56H73ClN10O7S/c1-34-47(75-33-60-34)37-11-9-36(10-12-37)43(32-68)61-50(72)44-25-40(69)30-67(44)51(73)48(54(2,3)4)62-46(70)31-64-19-17-35(18-20-64)29-65-21-23-66(24-22-65)45-16-14-39(28-59-45)49(71)63-52-55(5,6)53(56(52,7)8)74-41-15-13-38(27-58)42(57)26-41/h9-16,26,28,33,35,40,43-44,48,52-53,68-69H,17-25,29-32H2,1-8H3,(H,61,72)(H,62,70)(H,63,71)/t40-,43+,44+,48?,52?,53?/m1/s1. The van der Waals surface area contributed by atoms with Gasteiger partial charge in [0.25, 0.3) is 5.91 Å². The Morgan fingerprint density at radius 3 is 2.21 bits per heavy atom. The van der Waals surface area contributed by atoms with Gasteiger partial charge in [-0.05, 0) is 79.6 Å². The van der Waals surface area contributed by atoms with Crippen LogP contribution in [0.3, 0.4) is 0 Å². The number of halogens is 1. The number of nitriles is 1. The van der Waals surface area contributed by atoms with E-state index >= 15 is 0 Å². The average molecular weight is 1070 g/mol. The number of benzene rings is 2. The predicted octanol–water partition coefficient (Wildman–Crippen LogP) is 5.83. The third-order valence-corrected chi connectivity index (χ3v) is 17.1. The second kappa shape index (κ2) is 22.9. The Labute approximate surface area is 450 Å². The fourth-order valence-electron chi connectivity index (χ4n) is 11.8. The second-order valence-electron chi connectivity index (χ2n) is 23.1. The first-order chi connectivity index (χ1) is 35.6. The van der Waals surface area contributed by atoms with E-state index in [0.29, 0.717) is 33.4 Å². The summed E-state index contributed by atoms with van der Waals surface area (Å²) in [7, 11) is 0. The Kier molecular flexibility index (Phi) is 16.9. The zero-order valence-corrected chi connectivity index (χ0v) is 46.0. The van der Waals surface area contributed by atoms with Crippen LogP contribution in [0, 0.1) is 40.4 Å². The summed E-state index contributed by atoms with van der Waals surface area (Å²) in [6.45, 7) is 21.5. The van der Waals surface area contributed by atoms with Gasteiger partial charge in [0.15, 0.2) is 0 Å². The lowest BCUT2D eigenvalue weighted by molar-refractivity contribution is -0.164. The molecule has 3 aliphatic heterocycles. The number of thiazole rings is 1. The first-order valence-electron chi connectivity index (χ1n) is 26.1. The van der Waals surface area contributed by atoms with E-state index < -0.39 is 41.5 Å². The monoisotopic (exact) mass is 1060 g/mol. The molecule has 75 heavy (non-hydrogen) atoms. The van der Waals surface area contributed by atoms with Crippen molar-refractivity contribution in [3.05, 3.63) is 93.7 Å². The van der Waals surface area contributed by atoms with Gasteiger partial charge in [-0.25, -0.2) is 9.97 Å². The molecular formula is C56H73ClN10O7S. The number of piperidine rings is 1. The van der Waals surface area contributed by atoms with Crippen molar-refractivity contribution >= 4 is 52.4 Å². The van der Waals surface area contributed by atoms with Crippen LogP contribution in [0.2, 0.25) is 5.02 Å². The number of ether oxygens (including phenoxy) is 1. The third-order valence-electron chi connectivity index (χ3n) is 15.8. The largest absolute Gasteiger partial charge is 0.489 e. The SMILES string of the molecule is Cc1ncsc1-c1ccc([C@H](CO)NC(=O)[C@@H]2C[C@@H](O)CN2C(=O)C(NC(=O)CN2CCC(CN3CCN(c4ccc(C(=O)NC5C(C)(C)C(Oc6ccc(C#N)c(Cl)c6)C5(C)C)cn4)CC3)CC2)C(C)(C)C)cc1. The first-order valence-corrected chi connectivity index (χ1v) is 27.4. The van der Waals surface area contributed by atoms with Crippen LogP contribution in [-0.4, -0.2) is 154 Å². The number of carbonyl (C=O) groups is 4. The number of amides is 4. The lowest BCUT2D eigenvalue weighted by atomic mass is 9.49. The molecule has 4 atom stereocenters. The number of aromatic nitrogens is 2.